The van der Waals surface area contributed by atoms with Crippen LogP contribution in [0.2, 0.25) is 0 Å². The Hall–Kier alpha value is -1.11. The van der Waals surface area contributed by atoms with Gasteiger partial charge in [-0.25, -0.2) is 4.39 Å². The topological polar surface area (TPSA) is 58.9 Å². The van der Waals surface area contributed by atoms with Crippen LogP contribution in [-0.2, 0) is 4.74 Å². The summed E-state index contributed by atoms with van der Waals surface area (Å²) in [4.78, 5) is 0. The first-order valence-electron chi connectivity index (χ1n) is 6.03. The normalized spacial score (nSPS) is 16.6. The lowest BCUT2D eigenvalue weighted by molar-refractivity contribution is 0.0497. The van der Waals surface area contributed by atoms with Gasteiger partial charge in [0, 0.05) is 24.7 Å². The van der Waals surface area contributed by atoms with Crippen LogP contribution in [0.5, 0.6) is 5.75 Å². The second-order valence-corrected chi connectivity index (χ2v) is 4.42. The van der Waals surface area contributed by atoms with Crippen LogP contribution in [0.25, 0.3) is 0 Å². The van der Waals surface area contributed by atoms with E-state index in [2.05, 4.69) is 0 Å². The molecule has 2 rings (SSSR count). The van der Waals surface area contributed by atoms with E-state index in [0.29, 0.717) is 18.3 Å². The molecule has 1 aromatic carbocycles. The summed E-state index contributed by atoms with van der Waals surface area (Å²) in [5.41, 5.74) is -0.145. The van der Waals surface area contributed by atoms with E-state index < -0.39 is 12.9 Å². The van der Waals surface area contributed by atoms with E-state index in [1.165, 1.54) is 18.2 Å². The standard InChI is InChI=1S/C12H16BFO4/c14-12-7-10(1-2-11(12)13(15)16)18-8-9-3-5-17-6-4-9/h1-2,7,9,15-16H,3-6,8H2. The second-order valence-electron chi connectivity index (χ2n) is 4.42. The molecule has 0 amide bonds. The number of rotatable bonds is 4. The van der Waals surface area contributed by atoms with Crippen LogP contribution in [0.15, 0.2) is 18.2 Å². The molecule has 0 spiro atoms. The molecule has 0 radical (unpaired) electrons. The highest BCUT2D eigenvalue weighted by molar-refractivity contribution is 6.58. The Morgan fingerprint density at radius 3 is 2.67 bits per heavy atom. The molecule has 1 fully saturated rings. The molecule has 4 nitrogen and oxygen atoms in total. The maximum Gasteiger partial charge on any atom is 0.491 e. The second kappa shape index (κ2) is 6.18. The number of hydrogen-bond donors (Lipinski definition) is 2. The molecule has 1 aliphatic heterocycles. The summed E-state index contributed by atoms with van der Waals surface area (Å²) in [7, 11) is -1.80. The van der Waals surface area contributed by atoms with Gasteiger partial charge in [-0.15, -0.1) is 0 Å². The van der Waals surface area contributed by atoms with Crippen molar-refractivity contribution in [1.29, 1.82) is 0 Å². The number of benzene rings is 1. The third-order valence-electron chi connectivity index (χ3n) is 3.08. The fraction of sp³-hybridized carbons (Fsp3) is 0.500. The summed E-state index contributed by atoms with van der Waals surface area (Å²) >= 11 is 0. The Labute approximate surface area is 105 Å². The largest absolute Gasteiger partial charge is 0.493 e. The highest BCUT2D eigenvalue weighted by Crippen LogP contribution is 2.18. The molecule has 2 N–H and O–H groups in total. The lowest BCUT2D eigenvalue weighted by Crippen LogP contribution is -2.32. The van der Waals surface area contributed by atoms with Gasteiger partial charge in [0.1, 0.15) is 11.6 Å². The van der Waals surface area contributed by atoms with Gasteiger partial charge in [-0.1, -0.05) is 6.07 Å². The zero-order valence-electron chi connectivity index (χ0n) is 10.0. The molecule has 98 valence electrons. The van der Waals surface area contributed by atoms with Gasteiger partial charge in [0.05, 0.1) is 6.61 Å². The Morgan fingerprint density at radius 1 is 1.33 bits per heavy atom. The van der Waals surface area contributed by atoms with Crippen LogP contribution in [-0.4, -0.2) is 37.0 Å². The maximum atomic E-state index is 13.4. The SMILES string of the molecule is OB(O)c1ccc(OCC2CCOCC2)cc1F. The molecule has 6 heteroatoms. The number of hydrogen-bond acceptors (Lipinski definition) is 4. The smallest absolute Gasteiger partial charge is 0.491 e. The van der Waals surface area contributed by atoms with Crippen molar-refractivity contribution >= 4 is 12.6 Å². The molecular formula is C12H16BFO4. The Balaban J connectivity index is 1.91. The van der Waals surface area contributed by atoms with Crippen molar-refractivity contribution in [3.8, 4) is 5.75 Å². The molecule has 0 unspecified atom stereocenters. The van der Waals surface area contributed by atoms with E-state index in [4.69, 9.17) is 19.5 Å². The first kappa shape index (κ1) is 13.3. The third-order valence-corrected chi connectivity index (χ3v) is 3.08. The van der Waals surface area contributed by atoms with Crippen molar-refractivity contribution in [2.45, 2.75) is 12.8 Å². The van der Waals surface area contributed by atoms with Gasteiger partial charge in [-0.3, -0.25) is 0 Å². The predicted molar refractivity (Wildman–Crippen MR) is 65.3 cm³/mol. The van der Waals surface area contributed by atoms with Crippen LogP contribution in [0, 0.1) is 11.7 Å². The summed E-state index contributed by atoms with van der Waals surface area (Å²) in [6, 6.07) is 4.03. The van der Waals surface area contributed by atoms with Crippen LogP contribution in [0.3, 0.4) is 0 Å². The van der Waals surface area contributed by atoms with Gasteiger partial charge in [-0.2, -0.15) is 0 Å². The molecular weight excluding hydrogens is 238 g/mol. The lowest BCUT2D eigenvalue weighted by Gasteiger charge is -2.22. The van der Waals surface area contributed by atoms with E-state index in [-0.39, 0.29) is 5.46 Å². The summed E-state index contributed by atoms with van der Waals surface area (Å²) in [6.07, 6.45) is 1.91. The Kier molecular flexibility index (Phi) is 4.57. The van der Waals surface area contributed by atoms with Crippen molar-refractivity contribution in [3.63, 3.8) is 0 Å². The molecule has 0 aliphatic carbocycles. The maximum absolute atomic E-state index is 13.4. The summed E-state index contributed by atoms with van der Waals surface area (Å²) in [5.74, 6) is 0.169. The molecule has 1 saturated heterocycles. The minimum Gasteiger partial charge on any atom is -0.493 e. The molecule has 0 aromatic heterocycles. The van der Waals surface area contributed by atoms with Gasteiger partial charge < -0.3 is 19.5 Å². The van der Waals surface area contributed by atoms with Gasteiger partial charge in [0.25, 0.3) is 0 Å². The minimum atomic E-state index is -1.80. The number of halogens is 1. The zero-order chi connectivity index (χ0) is 13.0. The van der Waals surface area contributed by atoms with E-state index in [1.807, 2.05) is 0 Å². The van der Waals surface area contributed by atoms with Crippen molar-refractivity contribution in [3.05, 3.63) is 24.0 Å². The molecule has 0 bridgehead atoms. The third kappa shape index (κ3) is 3.44. The average molecular weight is 254 g/mol. The van der Waals surface area contributed by atoms with Gasteiger partial charge >= 0.3 is 7.12 Å². The monoisotopic (exact) mass is 254 g/mol. The zero-order valence-corrected chi connectivity index (χ0v) is 10.0. The van der Waals surface area contributed by atoms with E-state index >= 15 is 0 Å². The van der Waals surface area contributed by atoms with Gasteiger partial charge in [0.15, 0.2) is 0 Å². The summed E-state index contributed by atoms with van der Waals surface area (Å²) < 4.78 is 24.2. The van der Waals surface area contributed by atoms with Crippen molar-refractivity contribution in [1.82, 2.24) is 0 Å². The highest BCUT2D eigenvalue weighted by atomic mass is 19.1. The predicted octanol–water partition coefficient (Wildman–Crippen LogP) is 0.311. The summed E-state index contributed by atoms with van der Waals surface area (Å²) in [6.45, 7) is 2.03. The average Bonchev–Trinajstić information content (AvgIpc) is 2.37. The first-order chi connectivity index (χ1) is 8.66. The van der Waals surface area contributed by atoms with Crippen LogP contribution in [0.1, 0.15) is 12.8 Å². The van der Waals surface area contributed by atoms with Crippen LogP contribution < -0.4 is 10.2 Å². The van der Waals surface area contributed by atoms with E-state index in [9.17, 15) is 4.39 Å². The van der Waals surface area contributed by atoms with E-state index in [0.717, 1.165) is 26.1 Å². The Bertz CT molecular complexity index is 394. The summed E-state index contributed by atoms with van der Waals surface area (Å²) in [5, 5.41) is 17.8. The molecule has 1 heterocycles. The van der Waals surface area contributed by atoms with E-state index in [1.54, 1.807) is 0 Å². The number of ether oxygens (including phenoxy) is 2. The molecule has 0 saturated carbocycles. The lowest BCUT2D eigenvalue weighted by atomic mass is 9.80. The van der Waals surface area contributed by atoms with Gasteiger partial charge in [-0.05, 0) is 24.8 Å². The molecule has 0 atom stereocenters. The van der Waals surface area contributed by atoms with Crippen molar-refractivity contribution in [2.75, 3.05) is 19.8 Å². The van der Waals surface area contributed by atoms with Gasteiger partial charge in [0.2, 0.25) is 0 Å². The minimum absolute atomic E-state index is 0.145. The molecule has 1 aliphatic rings. The van der Waals surface area contributed by atoms with Crippen LogP contribution in [0.4, 0.5) is 4.39 Å². The fourth-order valence-corrected chi connectivity index (χ4v) is 1.93. The van der Waals surface area contributed by atoms with Crippen LogP contribution >= 0.6 is 0 Å². The molecule has 1 aromatic rings. The Morgan fingerprint density at radius 2 is 2.06 bits per heavy atom. The van der Waals surface area contributed by atoms with Crippen molar-refractivity contribution < 1.29 is 23.9 Å². The molecule has 18 heavy (non-hydrogen) atoms. The van der Waals surface area contributed by atoms with Crippen molar-refractivity contribution in [2.24, 2.45) is 5.92 Å². The highest BCUT2D eigenvalue weighted by Gasteiger charge is 2.18. The fourth-order valence-electron chi connectivity index (χ4n) is 1.93. The first-order valence-corrected chi connectivity index (χ1v) is 6.03. The quantitative estimate of drug-likeness (QED) is 0.759.